The molecule has 3 nitrogen and oxygen atoms in total. The number of hydrogen-bond donors (Lipinski definition) is 1. The number of fused-ring (bicyclic) bond motifs is 3. The lowest BCUT2D eigenvalue weighted by molar-refractivity contribution is -0.0755. The Labute approximate surface area is 224 Å². The average Bonchev–Trinajstić information content (AvgIpc) is 3.21. The monoisotopic (exact) mass is 510 g/mol. The van der Waals surface area contributed by atoms with Crippen molar-refractivity contribution in [1.29, 1.82) is 0 Å². The zero-order valence-electron chi connectivity index (χ0n) is 21.6. The van der Waals surface area contributed by atoms with Gasteiger partial charge in [-0.2, -0.15) is 0 Å². The molecule has 1 amide bonds. The Morgan fingerprint density at radius 2 is 1.68 bits per heavy atom. The highest BCUT2D eigenvalue weighted by atomic mass is 35.5. The van der Waals surface area contributed by atoms with Crippen LogP contribution in [0.5, 0.6) is 0 Å². The minimum atomic E-state index is 0.0485. The topological polar surface area (TPSA) is 34.0 Å². The van der Waals surface area contributed by atoms with Gasteiger partial charge in [0.25, 0.3) is 5.91 Å². The number of hydrogen-bond acceptors (Lipinski definition) is 1. The first-order valence-corrected chi connectivity index (χ1v) is 14.4. The third-order valence-corrected chi connectivity index (χ3v) is 10.2. The highest BCUT2D eigenvalue weighted by Crippen LogP contribution is 2.66. The summed E-state index contributed by atoms with van der Waals surface area (Å²) >= 11 is 6.22. The van der Waals surface area contributed by atoms with Crippen LogP contribution in [0.1, 0.15) is 67.8 Å². The third-order valence-electron chi connectivity index (χ3n) is 9.93. The Kier molecular flexibility index (Phi) is 5.44. The molecule has 4 fully saturated rings. The molecule has 1 aromatic heterocycles. The van der Waals surface area contributed by atoms with Crippen LogP contribution in [0.3, 0.4) is 0 Å². The molecule has 0 spiro atoms. The molecule has 4 heteroatoms. The van der Waals surface area contributed by atoms with Gasteiger partial charge < -0.3 is 9.88 Å². The SMILES string of the molecule is CCn1c2ccccc2c2cc(C(=O)NCCC34CC5CC(C3)CC(c3ccc(Cl)cc3)(C5)C4)ccc21. The van der Waals surface area contributed by atoms with Crippen LogP contribution < -0.4 is 5.32 Å². The maximum Gasteiger partial charge on any atom is 0.251 e. The van der Waals surface area contributed by atoms with Crippen LogP contribution in [0.4, 0.5) is 0 Å². The van der Waals surface area contributed by atoms with Gasteiger partial charge in [0.15, 0.2) is 0 Å². The van der Waals surface area contributed by atoms with Crippen molar-refractivity contribution < 1.29 is 4.79 Å². The second-order valence-corrected chi connectivity index (χ2v) is 12.7. The van der Waals surface area contributed by atoms with Crippen molar-refractivity contribution in [2.45, 2.75) is 63.8 Å². The molecule has 4 saturated carbocycles. The summed E-state index contributed by atoms with van der Waals surface area (Å²) in [7, 11) is 0. The van der Waals surface area contributed by atoms with Gasteiger partial charge in [-0.3, -0.25) is 4.79 Å². The first-order valence-electron chi connectivity index (χ1n) is 14.0. The highest BCUT2D eigenvalue weighted by Gasteiger charge is 2.57. The van der Waals surface area contributed by atoms with Crippen molar-refractivity contribution >= 4 is 39.3 Å². The number of carbonyl (C=O) groups is 1. The van der Waals surface area contributed by atoms with E-state index < -0.39 is 0 Å². The fraction of sp³-hybridized carbons (Fsp3) is 0.424. The molecule has 2 unspecified atom stereocenters. The van der Waals surface area contributed by atoms with Gasteiger partial charge in [-0.05, 0) is 116 Å². The van der Waals surface area contributed by atoms with Crippen LogP contribution in [-0.4, -0.2) is 17.0 Å². The molecule has 4 bridgehead atoms. The maximum atomic E-state index is 13.3. The third kappa shape index (κ3) is 3.81. The smallest absolute Gasteiger partial charge is 0.251 e. The van der Waals surface area contributed by atoms with E-state index in [1.165, 1.54) is 60.5 Å². The number of nitrogens with one attached hydrogen (secondary N) is 1. The maximum absolute atomic E-state index is 13.3. The van der Waals surface area contributed by atoms with Crippen molar-refractivity contribution in [2.75, 3.05) is 6.54 Å². The van der Waals surface area contributed by atoms with Gasteiger partial charge in [-0.1, -0.05) is 41.9 Å². The molecule has 4 aromatic rings. The number of rotatable bonds is 6. The number of nitrogens with zero attached hydrogens (tertiary/aromatic N) is 1. The number of aromatic nitrogens is 1. The molecular formula is C33H35ClN2O. The fourth-order valence-corrected chi connectivity index (χ4v) is 9.09. The molecule has 0 saturated heterocycles. The van der Waals surface area contributed by atoms with Crippen molar-refractivity contribution in [1.82, 2.24) is 9.88 Å². The summed E-state index contributed by atoms with van der Waals surface area (Å²) in [4.78, 5) is 13.3. The largest absolute Gasteiger partial charge is 0.352 e. The van der Waals surface area contributed by atoms with Gasteiger partial charge in [-0.15, -0.1) is 0 Å². The summed E-state index contributed by atoms with van der Waals surface area (Å²) < 4.78 is 2.33. The molecule has 2 atom stereocenters. The molecule has 4 aliphatic rings. The van der Waals surface area contributed by atoms with Crippen molar-refractivity contribution in [2.24, 2.45) is 17.3 Å². The van der Waals surface area contributed by atoms with Gasteiger partial charge in [0.2, 0.25) is 0 Å². The summed E-state index contributed by atoms with van der Waals surface area (Å²) in [5, 5.41) is 6.51. The average molecular weight is 511 g/mol. The van der Waals surface area contributed by atoms with Crippen molar-refractivity contribution in [3.63, 3.8) is 0 Å². The number of benzene rings is 3. The van der Waals surface area contributed by atoms with Crippen LogP contribution >= 0.6 is 11.6 Å². The Hall–Kier alpha value is -2.78. The number of carbonyl (C=O) groups excluding carboxylic acids is 1. The van der Waals surface area contributed by atoms with Gasteiger partial charge in [0.1, 0.15) is 0 Å². The number of aryl methyl sites for hydroxylation is 1. The minimum Gasteiger partial charge on any atom is -0.352 e. The summed E-state index contributed by atoms with van der Waals surface area (Å²) in [6, 6.07) is 23.4. The highest BCUT2D eigenvalue weighted by molar-refractivity contribution is 6.30. The molecule has 4 aliphatic carbocycles. The van der Waals surface area contributed by atoms with E-state index in [0.29, 0.717) is 10.8 Å². The standard InChI is InChI=1S/C33H35ClN2O/c1-2-36-29-6-4-3-5-27(29)28-16-24(7-12-30(28)36)31(37)35-14-13-32-17-22-15-23(18-32)20-33(19-22,21-32)25-8-10-26(34)11-9-25/h3-12,16,22-23H,2,13-15,17-21H2,1H3,(H,35,37). The van der Waals surface area contributed by atoms with Crippen LogP contribution in [0.25, 0.3) is 21.8 Å². The molecule has 1 heterocycles. The Balaban J connectivity index is 1.09. The number of halogens is 1. The molecule has 8 rings (SSSR count). The lowest BCUT2D eigenvalue weighted by atomic mass is 9.42. The van der Waals surface area contributed by atoms with Gasteiger partial charge in [0, 0.05) is 45.5 Å². The zero-order valence-corrected chi connectivity index (χ0v) is 22.4. The zero-order chi connectivity index (χ0) is 25.2. The summed E-state index contributed by atoms with van der Waals surface area (Å²) in [6.45, 7) is 3.84. The Morgan fingerprint density at radius 1 is 0.946 bits per heavy atom. The minimum absolute atomic E-state index is 0.0485. The van der Waals surface area contributed by atoms with Crippen LogP contribution in [0.15, 0.2) is 66.7 Å². The van der Waals surface area contributed by atoms with E-state index in [0.717, 1.165) is 47.3 Å². The molecule has 3 aromatic carbocycles. The first kappa shape index (κ1) is 23.3. The molecule has 1 N–H and O–H groups in total. The van der Waals surface area contributed by atoms with Gasteiger partial charge in [-0.25, -0.2) is 0 Å². The Bertz CT molecular complexity index is 1490. The summed E-state index contributed by atoms with van der Waals surface area (Å²) in [5.41, 5.74) is 5.33. The van der Waals surface area contributed by atoms with Crippen LogP contribution in [0, 0.1) is 17.3 Å². The quantitative estimate of drug-likeness (QED) is 0.279. The normalized spacial score (nSPS) is 28.3. The molecule has 37 heavy (non-hydrogen) atoms. The summed E-state index contributed by atoms with van der Waals surface area (Å²) in [5.74, 6) is 1.70. The van der Waals surface area contributed by atoms with Gasteiger partial charge >= 0.3 is 0 Å². The second kappa shape index (κ2) is 8.63. The van der Waals surface area contributed by atoms with E-state index in [-0.39, 0.29) is 5.91 Å². The van der Waals surface area contributed by atoms with E-state index in [1.54, 1.807) is 0 Å². The molecule has 0 aliphatic heterocycles. The number of amides is 1. The second-order valence-electron chi connectivity index (χ2n) is 12.2. The van der Waals surface area contributed by atoms with E-state index in [1.807, 2.05) is 6.07 Å². The molecular weight excluding hydrogens is 476 g/mol. The summed E-state index contributed by atoms with van der Waals surface area (Å²) in [6.07, 6.45) is 9.05. The van der Waals surface area contributed by atoms with E-state index in [9.17, 15) is 4.79 Å². The van der Waals surface area contributed by atoms with E-state index in [2.05, 4.69) is 77.5 Å². The molecule has 190 valence electrons. The van der Waals surface area contributed by atoms with Gasteiger partial charge in [0.05, 0.1) is 0 Å². The van der Waals surface area contributed by atoms with Crippen molar-refractivity contribution in [3.05, 3.63) is 82.9 Å². The van der Waals surface area contributed by atoms with Crippen LogP contribution in [0.2, 0.25) is 5.02 Å². The van der Waals surface area contributed by atoms with E-state index >= 15 is 0 Å². The lowest BCUT2D eigenvalue weighted by Gasteiger charge is -2.62. The van der Waals surface area contributed by atoms with Crippen LogP contribution in [-0.2, 0) is 12.0 Å². The Morgan fingerprint density at radius 3 is 2.43 bits per heavy atom. The fourth-order valence-electron chi connectivity index (χ4n) is 8.96. The first-order chi connectivity index (χ1) is 18.0. The lowest BCUT2D eigenvalue weighted by Crippen LogP contribution is -2.54. The predicted molar refractivity (Wildman–Crippen MR) is 152 cm³/mol. The number of para-hydroxylation sites is 1. The predicted octanol–water partition coefficient (Wildman–Crippen LogP) is 8.13. The molecule has 0 radical (unpaired) electrons. The van der Waals surface area contributed by atoms with E-state index in [4.69, 9.17) is 11.6 Å². The van der Waals surface area contributed by atoms with Crippen molar-refractivity contribution in [3.8, 4) is 0 Å².